The maximum absolute atomic E-state index is 10.1. The zero-order valence-corrected chi connectivity index (χ0v) is 13.5. The Morgan fingerprint density at radius 1 is 1.29 bits per heavy atom. The van der Waals surface area contributed by atoms with E-state index < -0.39 is 6.10 Å². The molecule has 0 bridgehead atoms. The second kappa shape index (κ2) is 4.23. The number of fused-ring (bicyclic) bond motifs is 1. The molecule has 1 heterocycles. The fraction of sp³-hybridized carbons (Fsp3) is 0.588. The number of aromatic nitrogens is 2. The molecule has 3 rings (SSSR count). The number of aliphatic hydroxyl groups is 1. The molecular weight excluding hydrogens is 262 g/mol. The number of aliphatic hydroxyl groups excluding tert-OH is 1. The van der Waals surface area contributed by atoms with Gasteiger partial charge in [0.05, 0.1) is 11.0 Å². The molecule has 1 aromatic carbocycles. The zero-order chi connectivity index (χ0) is 15.6. The molecule has 1 fully saturated rings. The smallest absolute Gasteiger partial charge is 0.138 e. The first-order valence-corrected chi connectivity index (χ1v) is 7.60. The van der Waals surface area contributed by atoms with Gasteiger partial charge in [-0.25, -0.2) is 4.98 Å². The molecule has 2 aromatic rings. The van der Waals surface area contributed by atoms with E-state index in [4.69, 9.17) is 5.73 Å². The van der Waals surface area contributed by atoms with Crippen LogP contribution in [0, 0.1) is 16.7 Å². The van der Waals surface area contributed by atoms with Crippen molar-refractivity contribution in [3.63, 3.8) is 0 Å². The van der Waals surface area contributed by atoms with Crippen molar-refractivity contribution in [2.75, 3.05) is 5.73 Å². The van der Waals surface area contributed by atoms with Crippen LogP contribution >= 0.6 is 0 Å². The summed E-state index contributed by atoms with van der Waals surface area (Å²) in [5, 5.41) is 10.1. The normalized spacial score (nSPS) is 21.6. The predicted molar refractivity (Wildman–Crippen MR) is 85.8 cm³/mol. The second-order valence-corrected chi connectivity index (χ2v) is 7.50. The number of nitrogens with two attached hydrogens (primary N) is 1. The third kappa shape index (κ3) is 1.96. The van der Waals surface area contributed by atoms with E-state index in [2.05, 4.69) is 37.2 Å². The third-order valence-electron chi connectivity index (χ3n) is 5.86. The van der Waals surface area contributed by atoms with Gasteiger partial charge in [-0.2, -0.15) is 0 Å². The highest BCUT2D eigenvalue weighted by Crippen LogP contribution is 2.69. The van der Waals surface area contributed by atoms with Crippen LogP contribution in [-0.4, -0.2) is 14.7 Å². The Labute approximate surface area is 126 Å². The average molecular weight is 287 g/mol. The molecule has 0 radical (unpaired) electrons. The van der Waals surface area contributed by atoms with E-state index in [-0.39, 0.29) is 0 Å². The fourth-order valence-electron chi connectivity index (χ4n) is 3.65. The molecule has 0 amide bonds. The van der Waals surface area contributed by atoms with E-state index in [1.165, 1.54) is 0 Å². The number of anilines is 1. The van der Waals surface area contributed by atoms with Gasteiger partial charge in [-0.05, 0) is 41.9 Å². The van der Waals surface area contributed by atoms with Gasteiger partial charge in [0.25, 0.3) is 0 Å². The largest absolute Gasteiger partial charge is 0.399 e. The minimum Gasteiger partial charge on any atom is -0.399 e. The van der Waals surface area contributed by atoms with E-state index in [9.17, 15) is 5.11 Å². The molecular formula is C17H25N3O. The van der Waals surface area contributed by atoms with Gasteiger partial charge in [0.15, 0.2) is 0 Å². The third-order valence-corrected chi connectivity index (χ3v) is 5.86. The summed E-state index contributed by atoms with van der Waals surface area (Å²) in [5.74, 6) is 1.31. The number of hydrogen-bond acceptors (Lipinski definition) is 3. The van der Waals surface area contributed by atoms with E-state index >= 15 is 0 Å². The van der Waals surface area contributed by atoms with Crippen LogP contribution in [0.4, 0.5) is 5.69 Å². The molecule has 1 atom stereocenters. The summed E-state index contributed by atoms with van der Waals surface area (Å²) in [6.07, 6.45) is -0.580. The van der Waals surface area contributed by atoms with Crippen molar-refractivity contribution in [1.82, 2.24) is 9.55 Å². The molecule has 21 heavy (non-hydrogen) atoms. The Balaban J connectivity index is 2.07. The number of rotatable bonds is 3. The maximum Gasteiger partial charge on any atom is 0.138 e. The highest BCUT2D eigenvalue weighted by molar-refractivity contribution is 5.79. The average Bonchev–Trinajstić information content (AvgIpc) is 2.70. The van der Waals surface area contributed by atoms with Crippen LogP contribution in [0.15, 0.2) is 18.2 Å². The molecule has 114 valence electrons. The summed E-state index contributed by atoms with van der Waals surface area (Å²) in [6, 6.07) is 5.78. The summed E-state index contributed by atoms with van der Waals surface area (Å²) in [4.78, 5) is 4.58. The lowest BCUT2D eigenvalue weighted by Crippen LogP contribution is -2.10. The minimum atomic E-state index is -0.580. The molecule has 4 nitrogen and oxygen atoms in total. The number of imidazole rings is 1. The van der Waals surface area contributed by atoms with Gasteiger partial charge in [0, 0.05) is 12.2 Å². The van der Waals surface area contributed by atoms with Crippen molar-refractivity contribution in [2.45, 2.75) is 47.3 Å². The van der Waals surface area contributed by atoms with Crippen LogP contribution < -0.4 is 5.73 Å². The van der Waals surface area contributed by atoms with Crippen molar-refractivity contribution in [3.05, 3.63) is 24.0 Å². The standard InChI is InChI=1S/C17H25N3O/c1-10(21)15-19-12-8-11(18)6-7-13(12)20(15)9-14-16(2,3)17(14,4)5/h6-8,10,14,21H,9,18H2,1-5H3. The first kappa shape index (κ1) is 14.4. The van der Waals surface area contributed by atoms with E-state index in [1.54, 1.807) is 6.92 Å². The van der Waals surface area contributed by atoms with Gasteiger partial charge in [-0.3, -0.25) is 0 Å². The van der Waals surface area contributed by atoms with Crippen molar-refractivity contribution in [1.29, 1.82) is 0 Å². The Morgan fingerprint density at radius 3 is 2.43 bits per heavy atom. The Hall–Kier alpha value is -1.55. The van der Waals surface area contributed by atoms with Crippen LogP contribution in [0.3, 0.4) is 0 Å². The van der Waals surface area contributed by atoms with Gasteiger partial charge in [0.1, 0.15) is 11.9 Å². The SMILES string of the molecule is CC(O)c1nc2cc(N)ccc2n1CC1C(C)(C)C1(C)C. The van der Waals surface area contributed by atoms with Gasteiger partial charge < -0.3 is 15.4 Å². The van der Waals surface area contributed by atoms with Crippen LogP contribution in [0.1, 0.15) is 46.5 Å². The Kier molecular flexibility index (Phi) is 2.90. The van der Waals surface area contributed by atoms with Crippen molar-refractivity contribution >= 4 is 16.7 Å². The molecule has 4 heteroatoms. The summed E-state index contributed by atoms with van der Waals surface area (Å²) < 4.78 is 2.17. The van der Waals surface area contributed by atoms with Gasteiger partial charge in [0.2, 0.25) is 0 Å². The van der Waals surface area contributed by atoms with Crippen LogP contribution in [0.25, 0.3) is 11.0 Å². The van der Waals surface area contributed by atoms with Crippen LogP contribution in [0.5, 0.6) is 0 Å². The monoisotopic (exact) mass is 287 g/mol. The molecule has 1 aromatic heterocycles. The van der Waals surface area contributed by atoms with E-state index in [0.717, 1.165) is 23.4 Å². The summed E-state index contributed by atoms with van der Waals surface area (Å²) in [6.45, 7) is 11.9. The van der Waals surface area contributed by atoms with E-state index in [0.29, 0.717) is 22.4 Å². The summed E-state index contributed by atoms with van der Waals surface area (Å²) in [7, 11) is 0. The minimum absolute atomic E-state index is 0.313. The highest BCUT2D eigenvalue weighted by Gasteiger charge is 2.64. The van der Waals surface area contributed by atoms with Crippen molar-refractivity contribution < 1.29 is 5.11 Å². The first-order chi connectivity index (χ1) is 9.66. The van der Waals surface area contributed by atoms with Crippen LogP contribution in [0.2, 0.25) is 0 Å². The molecule has 3 N–H and O–H groups in total. The number of hydrogen-bond donors (Lipinski definition) is 2. The Bertz CT molecular complexity index is 683. The van der Waals surface area contributed by atoms with E-state index in [1.807, 2.05) is 18.2 Å². The topological polar surface area (TPSA) is 64.1 Å². The number of nitrogen functional groups attached to an aromatic ring is 1. The van der Waals surface area contributed by atoms with Gasteiger partial charge >= 0.3 is 0 Å². The van der Waals surface area contributed by atoms with Crippen molar-refractivity contribution in [2.24, 2.45) is 16.7 Å². The van der Waals surface area contributed by atoms with Crippen LogP contribution in [-0.2, 0) is 6.54 Å². The van der Waals surface area contributed by atoms with Gasteiger partial charge in [-0.1, -0.05) is 27.7 Å². The van der Waals surface area contributed by atoms with Crippen molar-refractivity contribution in [3.8, 4) is 0 Å². The first-order valence-electron chi connectivity index (χ1n) is 7.60. The molecule has 0 saturated heterocycles. The second-order valence-electron chi connectivity index (χ2n) is 7.50. The molecule has 1 unspecified atom stereocenters. The number of nitrogens with zero attached hydrogens (tertiary/aromatic N) is 2. The molecule has 1 aliphatic carbocycles. The fourth-order valence-corrected chi connectivity index (χ4v) is 3.65. The highest BCUT2D eigenvalue weighted by atomic mass is 16.3. The molecule has 1 aliphatic rings. The maximum atomic E-state index is 10.1. The lowest BCUT2D eigenvalue weighted by molar-refractivity contribution is 0.183. The molecule has 0 spiro atoms. The lowest BCUT2D eigenvalue weighted by atomic mass is 10.0. The quantitative estimate of drug-likeness (QED) is 0.851. The summed E-state index contributed by atoms with van der Waals surface area (Å²) in [5.41, 5.74) is 9.10. The molecule has 0 aliphatic heterocycles. The number of benzene rings is 1. The zero-order valence-electron chi connectivity index (χ0n) is 13.5. The van der Waals surface area contributed by atoms with Gasteiger partial charge in [-0.15, -0.1) is 0 Å². The predicted octanol–water partition coefficient (Wildman–Crippen LogP) is 3.35. The Morgan fingerprint density at radius 2 is 1.90 bits per heavy atom. The molecule has 1 saturated carbocycles. The lowest BCUT2D eigenvalue weighted by Gasteiger charge is -2.12. The summed E-state index contributed by atoms with van der Waals surface area (Å²) >= 11 is 0.